The highest BCUT2D eigenvalue weighted by Crippen LogP contribution is 1.83. The lowest BCUT2D eigenvalue weighted by Crippen LogP contribution is -2.14. The highest BCUT2D eigenvalue weighted by atomic mass is 32.1. The zero-order valence-electron chi connectivity index (χ0n) is 4.33. The van der Waals surface area contributed by atoms with Gasteiger partial charge in [0.1, 0.15) is 6.33 Å². The first-order valence-electron chi connectivity index (χ1n) is 2.14. The molecular formula is C3H4N4OS. The lowest BCUT2D eigenvalue weighted by atomic mass is 10.6. The molecule has 1 aromatic heterocycles. The molecule has 0 unspecified atom stereocenters. The van der Waals surface area contributed by atoms with Gasteiger partial charge < -0.3 is 0 Å². The number of carbonyl (C=O) groups is 1. The summed E-state index contributed by atoms with van der Waals surface area (Å²) < 4.78 is 2.09. The first-order valence-corrected chi connectivity index (χ1v) is 2.59. The second kappa shape index (κ2) is 2.49. The van der Waals surface area contributed by atoms with Gasteiger partial charge in [0.25, 0.3) is 5.91 Å². The molecule has 0 saturated heterocycles. The summed E-state index contributed by atoms with van der Waals surface area (Å²) in [5.41, 5.74) is 0. The van der Waals surface area contributed by atoms with Gasteiger partial charge in [-0.1, -0.05) is 12.8 Å². The van der Waals surface area contributed by atoms with Crippen molar-refractivity contribution >= 4 is 18.7 Å². The largest absolute Gasteiger partial charge is 0.298 e. The van der Waals surface area contributed by atoms with E-state index in [0.29, 0.717) is 0 Å². The Morgan fingerprint density at radius 1 is 1.89 bits per heavy atom. The van der Waals surface area contributed by atoms with E-state index in [9.17, 15) is 4.79 Å². The summed E-state index contributed by atoms with van der Waals surface area (Å²) in [6.45, 7) is 0. The Morgan fingerprint density at radius 3 is 3.11 bits per heavy atom. The van der Waals surface area contributed by atoms with E-state index in [2.05, 4.69) is 32.7 Å². The minimum absolute atomic E-state index is 0.157. The summed E-state index contributed by atoms with van der Waals surface area (Å²) in [5.74, 6) is -0.235. The topological polar surface area (TPSA) is 70.7 Å². The third-order valence-electron chi connectivity index (χ3n) is 0.732. The van der Waals surface area contributed by atoms with Crippen molar-refractivity contribution in [1.82, 2.24) is 19.9 Å². The SMILES string of the molecule is O=C(NS)c1ncn[nH]1. The number of hydrogen-bond acceptors (Lipinski definition) is 4. The van der Waals surface area contributed by atoms with Crippen LogP contribution in [0, 0.1) is 0 Å². The summed E-state index contributed by atoms with van der Waals surface area (Å²) >= 11 is 3.51. The van der Waals surface area contributed by atoms with Crippen molar-refractivity contribution in [3.05, 3.63) is 12.2 Å². The van der Waals surface area contributed by atoms with E-state index in [-0.39, 0.29) is 5.82 Å². The van der Waals surface area contributed by atoms with Gasteiger partial charge in [-0.25, -0.2) is 4.98 Å². The number of nitrogens with zero attached hydrogens (tertiary/aromatic N) is 2. The first kappa shape index (κ1) is 6.09. The van der Waals surface area contributed by atoms with E-state index in [1.807, 2.05) is 0 Å². The minimum atomic E-state index is -0.393. The molecule has 0 saturated carbocycles. The van der Waals surface area contributed by atoms with Crippen LogP contribution in [-0.2, 0) is 0 Å². The van der Waals surface area contributed by atoms with Gasteiger partial charge in [0.2, 0.25) is 5.82 Å². The summed E-state index contributed by atoms with van der Waals surface area (Å²) in [6.07, 6.45) is 1.25. The highest BCUT2D eigenvalue weighted by molar-refractivity contribution is 7.78. The molecule has 0 atom stereocenters. The van der Waals surface area contributed by atoms with Crippen molar-refractivity contribution in [3.8, 4) is 0 Å². The van der Waals surface area contributed by atoms with Gasteiger partial charge in [0.15, 0.2) is 0 Å². The molecule has 1 aromatic rings. The van der Waals surface area contributed by atoms with Gasteiger partial charge in [0, 0.05) is 0 Å². The average Bonchev–Trinajstić information content (AvgIpc) is 2.37. The number of thiol groups is 1. The quantitative estimate of drug-likeness (QED) is 0.460. The van der Waals surface area contributed by atoms with Gasteiger partial charge in [-0.3, -0.25) is 14.6 Å². The molecule has 48 valence electrons. The Kier molecular flexibility index (Phi) is 1.69. The first-order chi connectivity index (χ1) is 4.34. The summed E-state index contributed by atoms with van der Waals surface area (Å²) in [6, 6.07) is 0. The van der Waals surface area contributed by atoms with Crippen LogP contribution in [0.5, 0.6) is 0 Å². The van der Waals surface area contributed by atoms with E-state index in [0.717, 1.165) is 0 Å². The second-order valence-electron chi connectivity index (χ2n) is 1.28. The monoisotopic (exact) mass is 144 g/mol. The maximum Gasteiger partial charge on any atom is 0.298 e. The summed E-state index contributed by atoms with van der Waals surface area (Å²) in [4.78, 5) is 14.1. The Balaban J connectivity index is 2.77. The highest BCUT2D eigenvalue weighted by Gasteiger charge is 2.03. The molecule has 0 aliphatic heterocycles. The van der Waals surface area contributed by atoms with Crippen LogP contribution < -0.4 is 4.72 Å². The van der Waals surface area contributed by atoms with Crippen molar-refractivity contribution in [2.24, 2.45) is 0 Å². The predicted molar refractivity (Wildman–Crippen MR) is 32.8 cm³/mol. The smallest absolute Gasteiger partial charge is 0.296 e. The van der Waals surface area contributed by atoms with E-state index in [4.69, 9.17) is 0 Å². The standard InChI is InChI=1S/C3H4N4OS/c8-3(7-9)2-4-1-5-6-2/h1,9H,(H,7,8)(H,4,5,6). The van der Waals surface area contributed by atoms with E-state index < -0.39 is 5.91 Å². The number of carbonyl (C=O) groups excluding carboxylic acids is 1. The second-order valence-corrected chi connectivity index (χ2v) is 1.50. The number of aromatic amines is 1. The number of amides is 1. The Morgan fingerprint density at radius 2 is 2.67 bits per heavy atom. The third kappa shape index (κ3) is 1.20. The predicted octanol–water partition coefficient (Wildman–Crippen LogP) is -0.621. The van der Waals surface area contributed by atoms with Gasteiger partial charge in [-0.2, -0.15) is 5.10 Å². The maximum atomic E-state index is 10.6. The van der Waals surface area contributed by atoms with Crippen LogP contribution in [0.4, 0.5) is 0 Å². The molecule has 0 spiro atoms. The van der Waals surface area contributed by atoms with Crippen molar-refractivity contribution in [2.45, 2.75) is 0 Å². The van der Waals surface area contributed by atoms with Crippen LogP contribution in [0.1, 0.15) is 10.6 Å². The van der Waals surface area contributed by atoms with Gasteiger partial charge in [-0.05, 0) is 0 Å². The zero-order chi connectivity index (χ0) is 6.69. The van der Waals surface area contributed by atoms with Crippen LogP contribution in [-0.4, -0.2) is 21.1 Å². The van der Waals surface area contributed by atoms with Gasteiger partial charge in [-0.15, -0.1) is 0 Å². The number of rotatable bonds is 1. The van der Waals surface area contributed by atoms with Crippen LogP contribution >= 0.6 is 12.8 Å². The molecule has 0 bridgehead atoms. The van der Waals surface area contributed by atoms with E-state index in [1.165, 1.54) is 6.33 Å². The van der Waals surface area contributed by atoms with E-state index in [1.54, 1.807) is 0 Å². The Bertz CT molecular complexity index is 196. The lowest BCUT2D eigenvalue weighted by molar-refractivity contribution is 0.0975. The van der Waals surface area contributed by atoms with E-state index >= 15 is 0 Å². The zero-order valence-corrected chi connectivity index (χ0v) is 5.22. The maximum absolute atomic E-state index is 10.6. The minimum Gasteiger partial charge on any atom is -0.296 e. The van der Waals surface area contributed by atoms with Crippen molar-refractivity contribution in [1.29, 1.82) is 0 Å². The lowest BCUT2D eigenvalue weighted by Gasteiger charge is -1.87. The molecule has 9 heavy (non-hydrogen) atoms. The molecule has 0 aliphatic carbocycles. The van der Waals surface area contributed by atoms with Crippen LogP contribution in [0.3, 0.4) is 0 Å². The third-order valence-corrected chi connectivity index (χ3v) is 0.935. The van der Waals surface area contributed by atoms with Crippen molar-refractivity contribution < 1.29 is 4.79 Å². The normalized spacial score (nSPS) is 9.00. The fraction of sp³-hybridized carbons (Fsp3) is 0. The number of nitrogens with one attached hydrogen (secondary N) is 2. The molecule has 0 aliphatic rings. The van der Waals surface area contributed by atoms with Crippen molar-refractivity contribution in [3.63, 3.8) is 0 Å². The molecule has 6 heteroatoms. The summed E-state index contributed by atoms with van der Waals surface area (Å²) in [5, 5.41) is 5.83. The Labute approximate surface area is 56.4 Å². The molecule has 1 rings (SSSR count). The van der Waals surface area contributed by atoms with Gasteiger partial charge >= 0.3 is 0 Å². The molecule has 0 aromatic carbocycles. The molecule has 0 radical (unpaired) electrons. The molecule has 1 amide bonds. The summed E-state index contributed by atoms with van der Waals surface area (Å²) in [7, 11) is 0. The molecule has 1 heterocycles. The number of aromatic nitrogens is 3. The number of H-pyrrole nitrogens is 1. The molecule has 5 nitrogen and oxygen atoms in total. The van der Waals surface area contributed by atoms with Crippen LogP contribution in [0.15, 0.2) is 6.33 Å². The fourth-order valence-electron chi connectivity index (χ4n) is 0.368. The van der Waals surface area contributed by atoms with Crippen LogP contribution in [0.25, 0.3) is 0 Å². The molecule has 2 N–H and O–H groups in total. The molecular weight excluding hydrogens is 140 g/mol. The van der Waals surface area contributed by atoms with Crippen LogP contribution in [0.2, 0.25) is 0 Å². The molecule has 0 fully saturated rings. The van der Waals surface area contributed by atoms with Gasteiger partial charge in [0.05, 0.1) is 0 Å². The average molecular weight is 144 g/mol. The number of hydrogen-bond donors (Lipinski definition) is 3. The Hall–Kier alpha value is -1.04. The fourth-order valence-corrected chi connectivity index (χ4v) is 0.474. The van der Waals surface area contributed by atoms with Crippen molar-refractivity contribution in [2.75, 3.05) is 0 Å².